The van der Waals surface area contributed by atoms with E-state index in [-0.39, 0.29) is 54.3 Å². The van der Waals surface area contributed by atoms with Crippen molar-refractivity contribution in [1.82, 2.24) is 9.80 Å². The Kier molecular flexibility index (Phi) is 9.09. The summed E-state index contributed by atoms with van der Waals surface area (Å²) in [5, 5.41) is 13.1. The summed E-state index contributed by atoms with van der Waals surface area (Å²) in [4.78, 5) is 29.9. The van der Waals surface area contributed by atoms with E-state index in [9.17, 15) is 23.1 Å². The molecule has 234 valence electrons. The molecule has 0 saturated carbocycles. The molecule has 3 amide bonds. The first-order chi connectivity index (χ1) is 21.0. The van der Waals surface area contributed by atoms with Crippen LogP contribution in [0.3, 0.4) is 0 Å². The summed E-state index contributed by atoms with van der Waals surface area (Å²) in [6.45, 7) is 3.73. The van der Waals surface area contributed by atoms with Crippen molar-refractivity contribution in [2.45, 2.75) is 30.9 Å². The van der Waals surface area contributed by atoms with Crippen LogP contribution in [0.2, 0.25) is 5.02 Å². The van der Waals surface area contributed by atoms with Crippen LogP contribution in [-0.2, 0) is 10.0 Å². The first-order valence-electron chi connectivity index (χ1n) is 13.9. The summed E-state index contributed by atoms with van der Waals surface area (Å²) in [6, 6.07) is 14.4. The molecule has 3 aromatic rings. The summed E-state index contributed by atoms with van der Waals surface area (Å²) in [7, 11) is -2.49. The van der Waals surface area contributed by atoms with Gasteiger partial charge in [-0.15, -0.1) is 0 Å². The molecule has 2 aliphatic heterocycles. The van der Waals surface area contributed by atoms with Crippen LogP contribution in [0.4, 0.5) is 16.2 Å². The Hall–Kier alpha value is -4.20. The maximum Gasteiger partial charge on any atom is 0.321 e. The predicted molar refractivity (Wildman–Crippen MR) is 164 cm³/mol. The third-order valence-corrected chi connectivity index (χ3v) is 9.12. The summed E-state index contributed by atoms with van der Waals surface area (Å²) >= 11 is 5.94. The standard InChI is InChI=1S/C30H33ClN4O8S/c1-18-14-35(19(2)16-36)29(37)23-5-4-6-24(33-44(39,40)22-10-7-20(31)8-11-22)28(23)43-27(18)15-34(3)30(38)32-21-9-12-25-26(13-21)42-17-41-25/h4-13,18-19,27,33,36H,14-17H2,1-3H3,(H,32,38)/t18-,19+,27+/m1/s1. The van der Waals surface area contributed by atoms with Gasteiger partial charge in [-0.2, -0.15) is 0 Å². The van der Waals surface area contributed by atoms with Crippen molar-refractivity contribution in [2.75, 3.05) is 43.6 Å². The van der Waals surface area contributed by atoms with E-state index in [1.807, 2.05) is 6.92 Å². The third-order valence-electron chi connectivity index (χ3n) is 7.48. The Bertz CT molecular complexity index is 1650. The number of rotatable bonds is 8. The van der Waals surface area contributed by atoms with Crippen molar-refractivity contribution in [1.29, 1.82) is 0 Å². The Morgan fingerprint density at radius 2 is 1.86 bits per heavy atom. The minimum Gasteiger partial charge on any atom is -0.485 e. The molecule has 0 spiro atoms. The molecule has 0 fully saturated rings. The largest absolute Gasteiger partial charge is 0.485 e. The minimum atomic E-state index is -4.09. The first-order valence-corrected chi connectivity index (χ1v) is 15.7. The molecule has 0 radical (unpaired) electrons. The van der Waals surface area contributed by atoms with Gasteiger partial charge in [-0.05, 0) is 55.5 Å². The number of para-hydroxylation sites is 1. The van der Waals surface area contributed by atoms with E-state index in [4.69, 9.17) is 25.8 Å². The molecule has 0 aromatic heterocycles. The van der Waals surface area contributed by atoms with Gasteiger partial charge in [-0.3, -0.25) is 9.52 Å². The number of ether oxygens (including phenoxy) is 3. The van der Waals surface area contributed by atoms with Crippen LogP contribution in [0, 0.1) is 5.92 Å². The SMILES string of the molecule is C[C@@H]1CN([C@@H](C)CO)C(=O)c2cccc(NS(=O)(=O)c3ccc(Cl)cc3)c2O[C@H]1CN(C)C(=O)Nc1ccc2c(c1)OCO2. The van der Waals surface area contributed by atoms with Crippen molar-refractivity contribution in [3.8, 4) is 17.2 Å². The predicted octanol–water partition coefficient (Wildman–Crippen LogP) is 4.25. The molecule has 0 aliphatic carbocycles. The average Bonchev–Trinajstić information content (AvgIpc) is 3.47. The number of sulfonamides is 1. The van der Waals surface area contributed by atoms with Crippen LogP contribution < -0.4 is 24.2 Å². The smallest absolute Gasteiger partial charge is 0.321 e. The van der Waals surface area contributed by atoms with Crippen LogP contribution in [0.1, 0.15) is 24.2 Å². The molecule has 5 rings (SSSR count). The number of aliphatic hydroxyl groups excluding tert-OH is 1. The van der Waals surface area contributed by atoms with E-state index in [0.29, 0.717) is 22.2 Å². The highest BCUT2D eigenvalue weighted by Crippen LogP contribution is 2.37. The summed E-state index contributed by atoms with van der Waals surface area (Å²) in [6.07, 6.45) is -0.677. The minimum absolute atomic E-state index is 0.0197. The summed E-state index contributed by atoms with van der Waals surface area (Å²) in [5.74, 6) is 0.378. The molecule has 12 nitrogen and oxygen atoms in total. The number of benzene rings is 3. The molecule has 2 heterocycles. The Labute approximate surface area is 260 Å². The van der Waals surface area contributed by atoms with Gasteiger partial charge < -0.3 is 34.4 Å². The lowest BCUT2D eigenvalue weighted by Gasteiger charge is -2.38. The van der Waals surface area contributed by atoms with Crippen molar-refractivity contribution >= 4 is 44.9 Å². The number of aliphatic hydroxyl groups is 1. The number of hydrogen-bond acceptors (Lipinski definition) is 8. The zero-order valence-corrected chi connectivity index (χ0v) is 25.9. The van der Waals surface area contributed by atoms with E-state index in [1.165, 1.54) is 46.2 Å². The van der Waals surface area contributed by atoms with Gasteiger partial charge in [0.05, 0.1) is 35.3 Å². The molecule has 2 aliphatic rings. The molecule has 44 heavy (non-hydrogen) atoms. The summed E-state index contributed by atoms with van der Waals surface area (Å²) < 4.78 is 46.3. The molecule has 3 aromatic carbocycles. The number of anilines is 2. The van der Waals surface area contributed by atoms with Crippen LogP contribution in [0.5, 0.6) is 17.2 Å². The highest BCUT2D eigenvalue weighted by Gasteiger charge is 2.35. The molecular weight excluding hydrogens is 612 g/mol. The zero-order valence-electron chi connectivity index (χ0n) is 24.3. The first kappa shape index (κ1) is 31.2. The van der Waals surface area contributed by atoms with Gasteiger partial charge in [0.2, 0.25) is 6.79 Å². The highest BCUT2D eigenvalue weighted by atomic mass is 35.5. The van der Waals surface area contributed by atoms with Gasteiger partial charge in [0.25, 0.3) is 15.9 Å². The van der Waals surface area contributed by atoms with E-state index >= 15 is 0 Å². The quantitative estimate of drug-likeness (QED) is 0.330. The average molecular weight is 645 g/mol. The highest BCUT2D eigenvalue weighted by molar-refractivity contribution is 7.92. The molecule has 3 N–H and O–H groups in total. The number of nitrogens with one attached hydrogen (secondary N) is 2. The van der Waals surface area contributed by atoms with Crippen molar-refractivity contribution < 1.29 is 37.3 Å². The number of urea groups is 1. The number of nitrogens with zero attached hydrogens (tertiary/aromatic N) is 2. The normalized spacial score (nSPS) is 18.4. The number of amides is 3. The summed E-state index contributed by atoms with van der Waals surface area (Å²) in [5.41, 5.74) is 0.676. The zero-order chi connectivity index (χ0) is 31.6. The molecule has 14 heteroatoms. The Balaban J connectivity index is 1.44. The fourth-order valence-corrected chi connectivity index (χ4v) is 6.09. The van der Waals surface area contributed by atoms with E-state index in [0.717, 1.165) is 0 Å². The van der Waals surface area contributed by atoms with Crippen molar-refractivity contribution in [3.63, 3.8) is 0 Å². The Morgan fingerprint density at radius 1 is 1.14 bits per heavy atom. The fourth-order valence-electron chi connectivity index (χ4n) is 4.91. The van der Waals surface area contributed by atoms with Crippen LogP contribution >= 0.6 is 11.6 Å². The topological polar surface area (TPSA) is 147 Å². The van der Waals surface area contributed by atoms with Crippen LogP contribution in [0.25, 0.3) is 0 Å². The van der Waals surface area contributed by atoms with Crippen LogP contribution in [-0.4, -0.2) is 80.9 Å². The van der Waals surface area contributed by atoms with Gasteiger partial charge >= 0.3 is 6.03 Å². The van der Waals surface area contributed by atoms with E-state index in [2.05, 4.69) is 10.0 Å². The molecule has 0 unspecified atom stereocenters. The van der Waals surface area contributed by atoms with Gasteiger partial charge in [0, 0.05) is 36.3 Å². The molecule has 0 saturated heterocycles. The fraction of sp³-hybridized carbons (Fsp3) is 0.333. The number of hydrogen-bond donors (Lipinski definition) is 3. The number of carbonyl (C=O) groups is 2. The lowest BCUT2D eigenvalue weighted by molar-refractivity contribution is 0.0373. The number of carbonyl (C=O) groups excluding carboxylic acids is 2. The monoisotopic (exact) mass is 644 g/mol. The van der Waals surface area contributed by atoms with Crippen LogP contribution in [0.15, 0.2) is 65.6 Å². The van der Waals surface area contributed by atoms with Gasteiger partial charge in [0.15, 0.2) is 17.2 Å². The van der Waals surface area contributed by atoms with E-state index in [1.54, 1.807) is 38.2 Å². The number of halogens is 1. The van der Waals surface area contributed by atoms with Crippen molar-refractivity contribution in [3.05, 3.63) is 71.2 Å². The maximum absolute atomic E-state index is 13.7. The maximum atomic E-state index is 13.7. The lowest BCUT2D eigenvalue weighted by Crippen LogP contribution is -2.50. The number of likely N-dealkylation sites (N-methyl/N-ethyl adjacent to an activating group) is 1. The molecule has 3 atom stereocenters. The molecule has 0 bridgehead atoms. The van der Waals surface area contributed by atoms with Gasteiger partial charge in [0.1, 0.15) is 6.10 Å². The van der Waals surface area contributed by atoms with Gasteiger partial charge in [-0.1, -0.05) is 24.6 Å². The van der Waals surface area contributed by atoms with Gasteiger partial charge in [-0.25, -0.2) is 13.2 Å². The number of fused-ring (bicyclic) bond motifs is 2. The van der Waals surface area contributed by atoms with Crippen molar-refractivity contribution in [2.24, 2.45) is 5.92 Å². The van der Waals surface area contributed by atoms with E-state index < -0.39 is 34.1 Å². The lowest BCUT2D eigenvalue weighted by atomic mass is 9.99. The Morgan fingerprint density at radius 3 is 2.59 bits per heavy atom. The second kappa shape index (κ2) is 12.8. The third kappa shape index (κ3) is 6.64. The second-order valence-electron chi connectivity index (χ2n) is 10.7. The second-order valence-corrected chi connectivity index (χ2v) is 12.9. The molecular formula is C30H33ClN4O8S.